The molecule has 0 spiro atoms. The number of pyridine rings is 2. The van der Waals surface area contributed by atoms with E-state index in [2.05, 4.69) is 5.32 Å². The van der Waals surface area contributed by atoms with Crippen molar-refractivity contribution in [2.45, 2.75) is 38.5 Å². The molecule has 0 fully saturated rings. The van der Waals surface area contributed by atoms with Gasteiger partial charge in [0.1, 0.15) is 12.4 Å². The Morgan fingerprint density at radius 1 is 1.18 bits per heavy atom. The highest BCUT2D eigenvalue weighted by Crippen LogP contribution is 2.43. The highest BCUT2D eigenvalue weighted by molar-refractivity contribution is 6.04. The average molecular weight is 513 g/mol. The van der Waals surface area contributed by atoms with Crippen LogP contribution in [-0.4, -0.2) is 34.3 Å². The Bertz CT molecular complexity index is 1660. The van der Waals surface area contributed by atoms with Gasteiger partial charge in [0.25, 0.3) is 5.56 Å². The third-order valence-corrected chi connectivity index (χ3v) is 7.62. The zero-order valence-corrected chi connectivity index (χ0v) is 21.2. The molecule has 2 aliphatic heterocycles. The molecule has 194 valence electrons. The highest BCUT2D eigenvalue weighted by Gasteiger charge is 2.45. The van der Waals surface area contributed by atoms with E-state index in [1.165, 1.54) is 0 Å². The van der Waals surface area contributed by atoms with Crippen LogP contribution in [0, 0.1) is 0 Å². The van der Waals surface area contributed by atoms with Crippen molar-refractivity contribution < 1.29 is 19.4 Å². The van der Waals surface area contributed by atoms with Crippen LogP contribution in [0.3, 0.4) is 0 Å². The topological polar surface area (TPSA) is 129 Å². The smallest absolute Gasteiger partial charge is 0.343 e. The van der Waals surface area contributed by atoms with Crippen molar-refractivity contribution in [2.75, 3.05) is 24.7 Å². The Kier molecular flexibility index (Phi) is 5.61. The number of rotatable bonds is 6. The van der Waals surface area contributed by atoms with Crippen molar-refractivity contribution in [3.8, 4) is 17.1 Å². The third kappa shape index (κ3) is 3.53. The monoisotopic (exact) mass is 512 g/mol. The van der Waals surface area contributed by atoms with E-state index in [0.717, 1.165) is 34.4 Å². The van der Waals surface area contributed by atoms with Gasteiger partial charge in [0, 0.05) is 28.7 Å². The average Bonchev–Trinajstić information content (AvgIpc) is 3.30. The lowest BCUT2D eigenvalue weighted by Crippen LogP contribution is -2.44. The fourth-order valence-electron chi connectivity index (χ4n) is 5.48. The standard InChI is InChI=1S/C29H28N4O5/c1-3-29(36)20-13-23-25-18(14-33(23)27(34)19(20)15-38-28(29)35)26(24-21(30)5-4-6-22(24)32-25)31-12-11-16-7-9-17(37-2)10-8-16/h4-10,13,36H,3,11-12,14-15,30H2,1-2H3,(H,31,32)/t29-/m0/s1. The normalized spacial score (nSPS) is 17.5. The summed E-state index contributed by atoms with van der Waals surface area (Å²) >= 11 is 0. The number of ether oxygens (including phenoxy) is 2. The van der Waals surface area contributed by atoms with Gasteiger partial charge < -0.3 is 30.2 Å². The fourth-order valence-corrected chi connectivity index (χ4v) is 5.48. The number of hydrogen-bond acceptors (Lipinski definition) is 8. The number of nitrogens with zero attached hydrogens (tertiary/aromatic N) is 2. The molecule has 0 radical (unpaired) electrons. The summed E-state index contributed by atoms with van der Waals surface area (Å²) in [5.41, 5.74) is 10.1. The molecule has 1 atom stereocenters. The second-order valence-corrected chi connectivity index (χ2v) is 9.68. The number of nitrogen functional groups attached to an aromatic ring is 1. The van der Waals surface area contributed by atoms with Crippen molar-refractivity contribution in [1.29, 1.82) is 0 Å². The van der Waals surface area contributed by atoms with Crippen LogP contribution in [0.5, 0.6) is 5.75 Å². The number of carbonyl (C=O) groups excluding carboxylic acids is 1. The molecule has 4 aromatic rings. The molecule has 0 unspecified atom stereocenters. The number of hydrogen-bond donors (Lipinski definition) is 3. The van der Waals surface area contributed by atoms with Crippen molar-refractivity contribution in [2.24, 2.45) is 0 Å². The number of nitrogens with one attached hydrogen (secondary N) is 1. The van der Waals surface area contributed by atoms with E-state index in [-0.39, 0.29) is 25.1 Å². The molecule has 0 amide bonds. The predicted molar refractivity (Wildman–Crippen MR) is 144 cm³/mol. The molecule has 38 heavy (non-hydrogen) atoms. The molecular formula is C29H28N4O5. The number of aliphatic hydroxyl groups is 1. The van der Waals surface area contributed by atoms with E-state index >= 15 is 0 Å². The Labute approximate surface area is 218 Å². The molecule has 2 aromatic carbocycles. The van der Waals surface area contributed by atoms with Crippen LogP contribution in [0.15, 0.2) is 53.3 Å². The van der Waals surface area contributed by atoms with Gasteiger partial charge in [0.05, 0.1) is 41.8 Å². The van der Waals surface area contributed by atoms with Gasteiger partial charge in [0.15, 0.2) is 5.60 Å². The second-order valence-electron chi connectivity index (χ2n) is 9.68. The first-order valence-corrected chi connectivity index (χ1v) is 12.6. The maximum atomic E-state index is 13.6. The quantitative estimate of drug-likeness (QED) is 0.233. The molecule has 4 heterocycles. The van der Waals surface area contributed by atoms with Crippen LogP contribution in [0.1, 0.15) is 35.6 Å². The summed E-state index contributed by atoms with van der Waals surface area (Å²) < 4.78 is 12.1. The molecule has 0 saturated carbocycles. The predicted octanol–water partition coefficient (Wildman–Crippen LogP) is 3.33. The Balaban J connectivity index is 1.46. The number of carbonyl (C=O) groups is 1. The molecule has 9 heteroatoms. The minimum Gasteiger partial charge on any atom is -0.497 e. The number of esters is 1. The molecule has 2 aromatic heterocycles. The van der Waals surface area contributed by atoms with Crippen LogP contribution in [-0.2, 0) is 34.7 Å². The van der Waals surface area contributed by atoms with E-state index in [9.17, 15) is 14.7 Å². The van der Waals surface area contributed by atoms with Crippen LogP contribution in [0.4, 0.5) is 11.4 Å². The minimum absolute atomic E-state index is 0.0917. The summed E-state index contributed by atoms with van der Waals surface area (Å²) in [4.78, 5) is 31.0. The summed E-state index contributed by atoms with van der Waals surface area (Å²) in [5, 5.41) is 15.5. The number of methoxy groups -OCH3 is 1. The van der Waals surface area contributed by atoms with Gasteiger partial charge in [-0.3, -0.25) is 4.79 Å². The molecule has 0 bridgehead atoms. The lowest BCUT2D eigenvalue weighted by molar-refractivity contribution is -0.172. The largest absolute Gasteiger partial charge is 0.497 e. The van der Waals surface area contributed by atoms with Crippen LogP contribution >= 0.6 is 0 Å². The van der Waals surface area contributed by atoms with E-state index in [0.29, 0.717) is 40.3 Å². The van der Waals surface area contributed by atoms with Gasteiger partial charge in [-0.25, -0.2) is 9.78 Å². The fraction of sp³-hybridized carbons (Fsp3) is 0.276. The summed E-state index contributed by atoms with van der Waals surface area (Å²) in [6.07, 6.45) is 0.855. The van der Waals surface area contributed by atoms with E-state index in [4.69, 9.17) is 20.2 Å². The number of benzene rings is 2. The van der Waals surface area contributed by atoms with Gasteiger partial charge in [-0.1, -0.05) is 25.1 Å². The van der Waals surface area contributed by atoms with Gasteiger partial charge >= 0.3 is 5.97 Å². The van der Waals surface area contributed by atoms with Crippen LogP contribution in [0.2, 0.25) is 0 Å². The molecule has 0 saturated heterocycles. The van der Waals surface area contributed by atoms with Crippen molar-refractivity contribution in [3.05, 3.63) is 81.1 Å². The second kappa shape index (κ2) is 8.88. The van der Waals surface area contributed by atoms with Gasteiger partial charge in [-0.2, -0.15) is 0 Å². The third-order valence-electron chi connectivity index (χ3n) is 7.62. The Morgan fingerprint density at radius 2 is 1.97 bits per heavy atom. The first-order valence-electron chi connectivity index (χ1n) is 12.6. The van der Waals surface area contributed by atoms with Crippen LogP contribution < -0.4 is 21.3 Å². The number of anilines is 2. The zero-order valence-electron chi connectivity index (χ0n) is 21.2. The first-order chi connectivity index (χ1) is 18.4. The molecule has 0 aliphatic carbocycles. The maximum absolute atomic E-state index is 13.6. The highest BCUT2D eigenvalue weighted by atomic mass is 16.6. The molecule has 4 N–H and O–H groups in total. The zero-order chi connectivity index (χ0) is 26.6. The molecule has 6 rings (SSSR count). The first kappa shape index (κ1) is 24.0. The summed E-state index contributed by atoms with van der Waals surface area (Å²) in [6, 6.07) is 15.2. The van der Waals surface area contributed by atoms with Gasteiger partial charge in [0.2, 0.25) is 0 Å². The molecular weight excluding hydrogens is 484 g/mol. The Morgan fingerprint density at radius 3 is 2.71 bits per heavy atom. The minimum atomic E-state index is -1.87. The van der Waals surface area contributed by atoms with Crippen molar-refractivity contribution >= 4 is 28.2 Å². The molecule has 9 nitrogen and oxygen atoms in total. The van der Waals surface area contributed by atoms with Gasteiger partial charge in [-0.05, 0) is 48.7 Å². The summed E-state index contributed by atoms with van der Waals surface area (Å²) in [5.74, 6) is 0.0654. The molecule has 2 aliphatic rings. The number of nitrogens with two attached hydrogens (primary N) is 1. The van der Waals surface area contributed by atoms with E-state index in [1.807, 2.05) is 42.5 Å². The lowest BCUT2D eigenvalue weighted by atomic mass is 9.86. The van der Waals surface area contributed by atoms with Crippen molar-refractivity contribution in [1.82, 2.24) is 9.55 Å². The lowest BCUT2D eigenvalue weighted by Gasteiger charge is -2.31. The SMILES string of the molecule is CC[C@@]1(O)C(=O)OCc2c1cc1n(c2=O)Cc2c-1nc1cccc(N)c1c2NCCc1ccc(OC)cc1. The van der Waals surface area contributed by atoms with E-state index in [1.54, 1.807) is 24.7 Å². The maximum Gasteiger partial charge on any atom is 0.343 e. The summed E-state index contributed by atoms with van der Waals surface area (Å²) in [6.45, 7) is 2.44. The summed E-state index contributed by atoms with van der Waals surface area (Å²) in [7, 11) is 1.64. The number of cyclic esters (lactones) is 1. The number of fused-ring (bicyclic) bond motifs is 5. The van der Waals surface area contributed by atoms with Crippen molar-refractivity contribution in [3.63, 3.8) is 0 Å². The van der Waals surface area contributed by atoms with Crippen LogP contribution in [0.25, 0.3) is 22.3 Å². The van der Waals surface area contributed by atoms with Gasteiger partial charge in [-0.15, -0.1) is 0 Å². The Hall–Kier alpha value is -4.37. The number of aromatic nitrogens is 2. The van der Waals surface area contributed by atoms with E-state index < -0.39 is 11.6 Å².